The van der Waals surface area contributed by atoms with E-state index in [1.54, 1.807) is 36.9 Å². The number of aliphatic hydroxyl groups is 1. The Labute approximate surface area is 332 Å². The van der Waals surface area contributed by atoms with Crippen molar-refractivity contribution in [2.24, 2.45) is 13.0 Å². The zero-order valence-electron chi connectivity index (χ0n) is 33.2. The van der Waals surface area contributed by atoms with Crippen LogP contribution >= 0.6 is 11.6 Å². The fraction of sp³-hybridized carbons (Fsp3) is 0.475. The molecule has 0 aliphatic carbocycles. The number of rotatable bonds is 17. The summed E-state index contributed by atoms with van der Waals surface area (Å²) in [7, 11) is 6.77. The SMILES string of the molecule is CCC(CCN(C)CCO)C(=O)N1CCN(C(=O)c2ccc(NC(=O)c3ncc(-c4ccc(/C(C(C)=N)=C(\C)N(C)CCOC)c(F)c4F)n3C)cc2Cl)CC1. The Kier molecular flexibility index (Phi) is 15.7. The second-order valence-electron chi connectivity index (χ2n) is 14.0. The summed E-state index contributed by atoms with van der Waals surface area (Å²) >= 11 is 6.55. The summed E-state index contributed by atoms with van der Waals surface area (Å²) in [6.07, 6.45) is 2.67. The van der Waals surface area contributed by atoms with Gasteiger partial charge in [0.05, 0.1) is 35.7 Å². The molecule has 1 saturated heterocycles. The van der Waals surface area contributed by atoms with Crippen LogP contribution < -0.4 is 5.32 Å². The number of amides is 3. The minimum absolute atomic E-state index is 0.0626. The minimum Gasteiger partial charge on any atom is -0.395 e. The number of hydrogen-bond acceptors (Lipinski definition) is 9. The van der Waals surface area contributed by atoms with Crippen LogP contribution in [0.2, 0.25) is 5.02 Å². The number of nitrogens with one attached hydrogen (secondary N) is 2. The summed E-state index contributed by atoms with van der Waals surface area (Å²) in [4.78, 5) is 51.4. The molecule has 0 bridgehead atoms. The molecule has 304 valence electrons. The van der Waals surface area contributed by atoms with Crippen molar-refractivity contribution in [1.82, 2.24) is 29.2 Å². The Balaban J connectivity index is 1.43. The van der Waals surface area contributed by atoms with Gasteiger partial charge in [0, 0.05) is 100 Å². The smallest absolute Gasteiger partial charge is 0.291 e. The molecule has 1 aliphatic rings. The molecule has 1 aliphatic heterocycles. The van der Waals surface area contributed by atoms with Crippen molar-refractivity contribution in [3.63, 3.8) is 0 Å². The fourth-order valence-corrected chi connectivity index (χ4v) is 7.00. The van der Waals surface area contributed by atoms with E-state index in [0.29, 0.717) is 76.6 Å². The number of carbonyl (C=O) groups excluding carboxylic acids is 3. The van der Waals surface area contributed by atoms with Crippen molar-refractivity contribution in [3.8, 4) is 11.3 Å². The molecule has 1 atom stereocenters. The van der Waals surface area contributed by atoms with Crippen LogP contribution in [0.25, 0.3) is 16.8 Å². The van der Waals surface area contributed by atoms with Crippen LogP contribution in [0.3, 0.4) is 0 Å². The molecule has 3 aromatic rings. The Morgan fingerprint density at radius 1 is 1.02 bits per heavy atom. The van der Waals surface area contributed by atoms with Gasteiger partial charge in [-0.3, -0.25) is 14.4 Å². The van der Waals surface area contributed by atoms with Crippen LogP contribution in [-0.2, 0) is 16.6 Å². The van der Waals surface area contributed by atoms with Crippen LogP contribution in [-0.4, -0.2) is 138 Å². The van der Waals surface area contributed by atoms with E-state index in [0.717, 1.165) is 0 Å². The lowest BCUT2D eigenvalue weighted by Gasteiger charge is -2.36. The Hall–Kier alpha value is -4.70. The molecular weight excluding hydrogens is 746 g/mol. The number of methoxy groups -OCH3 is 1. The van der Waals surface area contributed by atoms with Crippen LogP contribution in [0.15, 0.2) is 42.2 Å². The van der Waals surface area contributed by atoms with Crippen molar-refractivity contribution >= 4 is 46.3 Å². The lowest BCUT2D eigenvalue weighted by molar-refractivity contribution is -0.137. The molecule has 0 radical (unpaired) electrons. The normalized spacial score (nSPS) is 14.1. The third kappa shape index (κ3) is 10.2. The maximum absolute atomic E-state index is 15.7. The minimum atomic E-state index is -1.15. The highest BCUT2D eigenvalue weighted by Gasteiger charge is 2.30. The predicted octanol–water partition coefficient (Wildman–Crippen LogP) is 5.24. The third-order valence-electron chi connectivity index (χ3n) is 10.3. The van der Waals surface area contributed by atoms with E-state index in [1.165, 1.54) is 49.0 Å². The van der Waals surface area contributed by atoms with Gasteiger partial charge in [0.25, 0.3) is 11.8 Å². The summed E-state index contributed by atoms with van der Waals surface area (Å²) in [5.41, 5.74) is 1.42. The van der Waals surface area contributed by atoms with Crippen molar-refractivity contribution in [3.05, 3.63) is 75.8 Å². The fourth-order valence-electron chi connectivity index (χ4n) is 6.74. The van der Waals surface area contributed by atoms with Gasteiger partial charge in [-0.05, 0) is 64.5 Å². The molecule has 0 spiro atoms. The van der Waals surface area contributed by atoms with Crippen LogP contribution in [0.4, 0.5) is 14.5 Å². The number of allylic oxidation sites excluding steroid dienone is 2. The number of anilines is 1. The van der Waals surface area contributed by atoms with E-state index in [1.807, 2.05) is 23.8 Å². The molecule has 2 aromatic carbocycles. The highest BCUT2D eigenvalue weighted by atomic mass is 35.5. The molecule has 2 heterocycles. The Morgan fingerprint density at radius 2 is 1.68 bits per heavy atom. The summed E-state index contributed by atoms with van der Waals surface area (Å²) in [5.74, 6) is -3.36. The van der Waals surface area contributed by atoms with E-state index in [2.05, 4.69) is 10.3 Å². The van der Waals surface area contributed by atoms with Gasteiger partial charge in [-0.15, -0.1) is 0 Å². The molecule has 3 N–H and O–H groups in total. The summed E-state index contributed by atoms with van der Waals surface area (Å²) in [5, 5.41) is 20.3. The number of halogens is 3. The van der Waals surface area contributed by atoms with Gasteiger partial charge >= 0.3 is 0 Å². The number of hydrogen-bond donors (Lipinski definition) is 3. The van der Waals surface area contributed by atoms with E-state index in [9.17, 15) is 14.4 Å². The van der Waals surface area contributed by atoms with E-state index >= 15 is 8.78 Å². The van der Waals surface area contributed by atoms with E-state index < -0.39 is 17.5 Å². The molecule has 4 rings (SSSR count). The predicted molar refractivity (Wildman–Crippen MR) is 214 cm³/mol. The van der Waals surface area contributed by atoms with Crippen molar-refractivity contribution < 1.29 is 33.0 Å². The number of nitrogens with zero attached hydrogens (tertiary/aromatic N) is 6. The first kappa shape index (κ1) is 44.0. The topological polar surface area (TPSA) is 147 Å². The molecular formula is C40H53ClF2N8O5. The first-order chi connectivity index (χ1) is 26.6. The monoisotopic (exact) mass is 798 g/mol. The lowest BCUT2D eigenvalue weighted by atomic mass is 9.96. The molecule has 13 nitrogen and oxygen atoms in total. The summed E-state index contributed by atoms with van der Waals surface area (Å²) < 4.78 is 37.9. The van der Waals surface area contributed by atoms with Crippen LogP contribution in [0.1, 0.15) is 60.2 Å². The van der Waals surface area contributed by atoms with E-state index in [4.69, 9.17) is 26.9 Å². The molecule has 1 aromatic heterocycles. The number of likely N-dealkylation sites (N-methyl/N-ethyl adjacent to an activating group) is 2. The Morgan fingerprint density at radius 3 is 2.29 bits per heavy atom. The van der Waals surface area contributed by atoms with E-state index in [-0.39, 0.29) is 68.9 Å². The van der Waals surface area contributed by atoms with Gasteiger partial charge in [-0.25, -0.2) is 13.8 Å². The first-order valence-corrected chi connectivity index (χ1v) is 19.0. The average Bonchev–Trinajstić information content (AvgIpc) is 3.56. The molecule has 16 heteroatoms. The maximum atomic E-state index is 15.7. The second-order valence-corrected chi connectivity index (χ2v) is 14.4. The van der Waals surface area contributed by atoms with Crippen molar-refractivity contribution in [1.29, 1.82) is 5.41 Å². The number of carbonyl (C=O) groups is 3. The average molecular weight is 799 g/mol. The number of aromatic nitrogens is 2. The quantitative estimate of drug-likeness (QED) is 0.157. The molecule has 1 unspecified atom stereocenters. The largest absolute Gasteiger partial charge is 0.395 e. The highest BCUT2D eigenvalue weighted by molar-refractivity contribution is 6.34. The first-order valence-electron chi connectivity index (χ1n) is 18.6. The summed E-state index contributed by atoms with van der Waals surface area (Å²) in [6, 6.07) is 7.33. The summed E-state index contributed by atoms with van der Waals surface area (Å²) in [6.45, 7) is 8.97. The molecule has 3 amide bonds. The number of imidazole rings is 1. The van der Waals surface area contributed by atoms with Gasteiger partial charge in [-0.1, -0.05) is 24.6 Å². The third-order valence-corrected chi connectivity index (χ3v) is 10.6. The van der Waals surface area contributed by atoms with Crippen molar-refractivity contribution in [2.75, 3.05) is 85.5 Å². The van der Waals surface area contributed by atoms with Crippen LogP contribution in [0.5, 0.6) is 0 Å². The zero-order valence-corrected chi connectivity index (χ0v) is 34.0. The zero-order chi connectivity index (χ0) is 41.3. The second kappa shape index (κ2) is 19.9. The molecule has 56 heavy (non-hydrogen) atoms. The van der Waals surface area contributed by atoms with Gasteiger partial charge < -0.3 is 44.7 Å². The van der Waals surface area contributed by atoms with Crippen molar-refractivity contribution in [2.45, 2.75) is 33.6 Å². The number of ether oxygens (including phenoxy) is 1. The maximum Gasteiger partial charge on any atom is 0.291 e. The Bertz CT molecular complexity index is 1940. The lowest BCUT2D eigenvalue weighted by Crippen LogP contribution is -2.52. The van der Waals surface area contributed by atoms with Gasteiger partial charge in [0.15, 0.2) is 17.5 Å². The number of piperazine rings is 1. The number of benzene rings is 2. The highest BCUT2D eigenvalue weighted by Crippen LogP contribution is 2.32. The van der Waals surface area contributed by atoms with Gasteiger partial charge in [0.2, 0.25) is 5.91 Å². The van der Waals surface area contributed by atoms with Gasteiger partial charge in [0.1, 0.15) is 0 Å². The number of aliphatic hydroxyl groups excluding tert-OH is 1. The standard InChI is InChI=1S/C40H53ClF2N8O5/c1-8-27(13-14-47(4)19-21-52)39(54)50-15-17-51(18-16-50)40(55)29-10-9-28(23-32(29)41)46-38(53)37-45-24-33(49(37)6)30-11-12-31(36(43)35(30)42)34(25(2)44)26(3)48(5)20-22-56-7/h9-12,23-24,27,44,52H,8,13-22H2,1-7H3,(H,46,53)/b34-26+,44-25?. The molecule has 1 fully saturated rings. The van der Waals surface area contributed by atoms with Crippen LogP contribution in [0, 0.1) is 23.0 Å². The van der Waals surface area contributed by atoms with Gasteiger partial charge in [-0.2, -0.15) is 0 Å². The molecule has 0 saturated carbocycles.